The van der Waals surface area contributed by atoms with Gasteiger partial charge in [0, 0.05) is 6.04 Å². The fourth-order valence-electron chi connectivity index (χ4n) is 3.47. The standard InChI is InChI=1S/C21H27NO2.ClH/c1-22-14-5-8-19(22)13-15-24-21-12-11-20(23)16-18(21)10-9-17-6-3-2-4-7-17;/h2-4,6-7,11-12,16,19,23H,5,8-10,13-15H2,1H3;1H. The molecule has 25 heavy (non-hydrogen) atoms. The van der Waals surface area contributed by atoms with Gasteiger partial charge in [-0.1, -0.05) is 30.3 Å². The highest BCUT2D eigenvalue weighted by atomic mass is 35.5. The van der Waals surface area contributed by atoms with Crippen molar-refractivity contribution >= 4 is 12.4 Å². The van der Waals surface area contributed by atoms with Crippen LogP contribution < -0.4 is 4.74 Å². The van der Waals surface area contributed by atoms with E-state index < -0.39 is 0 Å². The Balaban J connectivity index is 0.00000225. The molecule has 1 N–H and O–H groups in total. The third-order valence-electron chi connectivity index (χ3n) is 4.95. The molecule has 3 nitrogen and oxygen atoms in total. The molecule has 0 saturated carbocycles. The molecule has 0 spiro atoms. The molecule has 1 fully saturated rings. The number of hydrogen-bond acceptors (Lipinski definition) is 3. The Morgan fingerprint density at radius 3 is 2.64 bits per heavy atom. The molecule has 2 aromatic rings. The number of likely N-dealkylation sites (tertiary alicyclic amines) is 1. The number of rotatable bonds is 7. The lowest BCUT2D eigenvalue weighted by molar-refractivity contribution is 0.232. The lowest BCUT2D eigenvalue weighted by Crippen LogP contribution is -2.26. The van der Waals surface area contributed by atoms with Gasteiger partial charge in [-0.25, -0.2) is 0 Å². The van der Waals surface area contributed by atoms with Crippen LogP contribution in [0.25, 0.3) is 0 Å². The number of phenolic OH excluding ortho intramolecular Hbond substituents is 1. The number of phenols is 1. The number of nitrogens with zero attached hydrogens (tertiary/aromatic N) is 1. The van der Waals surface area contributed by atoms with Crippen LogP contribution in [0.5, 0.6) is 11.5 Å². The summed E-state index contributed by atoms with van der Waals surface area (Å²) in [5.41, 5.74) is 2.39. The van der Waals surface area contributed by atoms with E-state index in [1.165, 1.54) is 24.9 Å². The molecule has 0 aromatic heterocycles. The van der Waals surface area contributed by atoms with Crippen LogP contribution in [0.2, 0.25) is 0 Å². The summed E-state index contributed by atoms with van der Waals surface area (Å²) in [6.45, 7) is 1.93. The number of hydrogen-bond donors (Lipinski definition) is 1. The monoisotopic (exact) mass is 361 g/mol. The molecule has 2 aromatic carbocycles. The van der Waals surface area contributed by atoms with Gasteiger partial charge in [0.1, 0.15) is 11.5 Å². The SMILES string of the molecule is CN1CCCC1CCOc1ccc(O)cc1CCc1ccccc1.Cl. The lowest BCUT2D eigenvalue weighted by Gasteiger charge is -2.20. The summed E-state index contributed by atoms with van der Waals surface area (Å²) in [6, 6.07) is 16.5. The van der Waals surface area contributed by atoms with Gasteiger partial charge in [-0.15, -0.1) is 12.4 Å². The molecule has 0 aliphatic carbocycles. The number of halogens is 1. The fraction of sp³-hybridized carbons (Fsp3) is 0.429. The molecule has 1 saturated heterocycles. The van der Waals surface area contributed by atoms with Crippen LogP contribution >= 0.6 is 12.4 Å². The second-order valence-electron chi connectivity index (χ2n) is 6.69. The molecule has 1 heterocycles. The molecular formula is C21H28ClNO2. The number of benzene rings is 2. The third kappa shape index (κ3) is 5.65. The maximum absolute atomic E-state index is 9.81. The van der Waals surface area contributed by atoms with Crippen molar-refractivity contribution in [3.8, 4) is 11.5 Å². The minimum atomic E-state index is 0. The first kappa shape index (κ1) is 19.6. The van der Waals surface area contributed by atoms with Crippen molar-refractivity contribution in [3.63, 3.8) is 0 Å². The Kier molecular flexibility index (Phi) is 7.60. The van der Waals surface area contributed by atoms with Crippen LogP contribution in [0, 0.1) is 0 Å². The van der Waals surface area contributed by atoms with E-state index in [1.54, 1.807) is 6.07 Å². The van der Waals surface area contributed by atoms with E-state index >= 15 is 0 Å². The third-order valence-corrected chi connectivity index (χ3v) is 4.95. The Labute approximate surface area is 157 Å². The first-order valence-corrected chi connectivity index (χ1v) is 8.91. The second-order valence-corrected chi connectivity index (χ2v) is 6.69. The van der Waals surface area contributed by atoms with Crippen molar-refractivity contribution in [2.45, 2.75) is 38.1 Å². The van der Waals surface area contributed by atoms with Gasteiger partial charge in [0.2, 0.25) is 0 Å². The van der Waals surface area contributed by atoms with Crippen molar-refractivity contribution in [1.82, 2.24) is 4.90 Å². The molecule has 0 bridgehead atoms. The summed E-state index contributed by atoms with van der Waals surface area (Å²) in [4.78, 5) is 2.43. The highest BCUT2D eigenvalue weighted by molar-refractivity contribution is 5.85. The zero-order chi connectivity index (χ0) is 16.8. The Bertz CT molecular complexity index is 648. The van der Waals surface area contributed by atoms with E-state index in [0.29, 0.717) is 11.8 Å². The van der Waals surface area contributed by atoms with Crippen LogP contribution in [0.4, 0.5) is 0 Å². The van der Waals surface area contributed by atoms with E-state index in [1.807, 2.05) is 18.2 Å². The van der Waals surface area contributed by atoms with Gasteiger partial charge in [0.25, 0.3) is 0 Å². The Hall–Kier alpha value is -1.71. The summed E-state index contributed by atoms with van der Waals surface area (Å²) >= 11 is 0. The van der Waals surface area contributed by atoms with E-state index in [0.717, 1.165) is 37.2 Å². The van der Waals surface area contributed by atoms with Gasteiger partial charge in [-0.05, 0) is 75.0 Å². The molecule has 0 amide bonds. The number of aryl methyl sites for hydroxylation is 2. The zero-order valence-electron chi connectivity index (χ0n) is 14.9. The molecular weight excluding hydrogens is 334 g/mol. The quantitative estimate of drug-likeness (QED) is 0.790. The number of ether oxygens (including phenoxy) is 1. The fourth-order valence-corrected chi connectivity index (χ4v) is 3.47. The molecule has 3 rings (SSSR count). The topological polar surface area (TPSA) is 32.7 Å². The zero-order valence-corrected chi connectivity index (χ0v) is 15.7. The van der Waals surface area contributed by atoms with Gasteiger partial charge in [0.05, 0.1) is 6.61 Å². The lowest BCUT2D eigenvalue weighted by atomic mass is 10.0. The van der Waals surface area contributed by atoms with E-state index in [4.69, 9.17) is 4.74 Å². The van der Waals surface area contributed by atoms with Gasteiger partial charge in [-0.2, -0.15) is 0 Å². The Morgan fingerprint density at radius 2 is 1.92 bits per heavy atom. The van der Waals surface area contributed by atoms with Crippen molar-refractivity contribution in [1.29, 1.82) is 0 Å². The van der Waals surface area contributed by atoms with Crippen molar-refractivity contribution in [3.05, 3.63) is 59.7 Å². The second kappa shape index (κ2) is 9.69. The first-order chi connectivity index (χ1) is 11.7. The minimum Gasteiger partial charge on any atom is -0.508 e. The van der Waals surface area contributed by atoms with Crippen molar-refractivity contribution in [2.24, 2.45) is 0 Å². The summed E-state index contributed by atoms with van der Waals surface area (Å²) in [6.07, 6.45) is 5.46. The molecule has 1 aliphatic rings. The normalized spacial score (nSPS) is 17.2. The van der Waals surface area contributed by atoms with E-state index in [9.17, 15) is 5.11 Å². The molecule has 4 heteroatoms. The van der Waals surface area contributed by atoms with Gasteiger partial charge >= 0.3 is 0 Å². The number of aromatic hydroxyl groups is 1. The molecule has 1 unspecified atom stereocenters. The minimum absolute atomic E-state index is 0. The molecule has 136 valence electrons. The largest absolute Gasteiger partial charge is 0.508 e. The summed E-state index contributed by atoms with van der Waals surface area (Å²) < 4.78 is 6.05. The molecule has 0 radical (unpaired) electrons. The highest BCUT2D eigenvalue weighted by Gasteiger charge is 2.20. The van der Waals surface area contributed by atoms with Crippen LogP contribution in [-0.4, -0.2) is 36.2 Å². The van der Waals surface area contributed by atoms with Crippen LogP contribution in [0.1, 0.15) is 30.4 Å². The first-order valence-electron chi connectivity index (χ1n) is 8.91. The molecule has 1 aliphatic heterocycles. The van der Waals surface area contributed by atoms with Gasteiger partial charge < -0.3 is 14.7 Å². The average Bonchev–Trinajstić information content (AvgIpc) is 3.01. The predicted octanol–water partition coefficient (Wildman–Crippen LogP) is 4.46. The maximum Gasteiger partial charge on any atom is 0.122 e. The summed E-state index contributed by atoms with van der Waals surface area (Å²) in [5.74, 6) is 1.21. The highest BCUT2D eigenvalue weighted by Crippen LogP contribution is 2.26. The van der Waals surface area contributed by atoms with Crippen molar-refractivity contribution < 1.29 is 9.84 Å². The Morgan fingerprint density at radius 1 is 1.12 bits per heavy atom. The average molecular weight is 362 g/mol. The predicted molar refractivity (Wildman–Crippen MR) is 105 cm³/mol. The summed E-state index contributed by atoms with van der Waals surface area (Å²) in [7, 11) is 2.20. The molecule has 1 atom stereocenters. The smallest absolute Gasteiger partial charge is 0.122 e. The van der Waals surface area contributed by atoms with Gasteiger partial charge in [0.15, 0.2) is 0 Å². The van der Waals surface area contributed by atoms with Crippen LogP contribution in [-0.2, 0) is 12.8 Å². The van der Waals surface area contributed by atoms with Crippen LogP contribution in [0.3, 0.4) is 0 Å². The van der Waals surface area contributed by atoms with E-state index in [-0.39, 0.29) is 12.4 Å². The summed E-state index contributed by atoms with van der Waals surface area (Å²) in [5, 5.41) is 9.81. The van der Waals surface area contributed by atoms with Crippen molar-refractivity contribution in [2.75, 3.05) is 20.2 Å². The van der Waals surface area contributed by atoms with E-state index in [2.05, 4.69) is 36.2 Å². The maximum atomic E-state index is 9.81. The van der Waals surface area contributed by atoms with Crippen LogP contribution in [0.15, 0.2) is 48.5 Å². The van der Waals surface area contributed by atoms with Gasteiger partial charge in [-0.3, -0.25) is 0 Å².